The smallest absolute Gasteiger partial charge is 0.353 e. The van der Waals surface area contributed by atoms with Gasteiger partial charge in [0.05, 0.1) is 17.1 Å². The van der Waals surface area contributed by atoms with Crippen LogP contribution in [0.5, 0.6) is 0 Å². The largest absolute Gasteiger partial charge is 0.394 e. The minimum Gasteiger partial charge on any atom is -0.394 e. The average Bonchev–Trinajstić information content (AvgIpc) is 2.88. The predicted octanol–water partition coefficient (Wildman–Crippen LogP) is 1.53. The molecule has 0 atom stereocenters. The fourth-order valence-electron chi connectivity index (χ4n) is 2.57. The minimum atomic E-state index is -0.511. The third-order valence-corrected chi connectivity index (χ3v) is 3.60. The van der Waals surface area contributed by atoms with Gasteiger partial charge in [0.1, 0.15) is 6.33 Å². The number of hydrogen-bond donors (Lipinski definition) is 3. The van der Waals surface area contributed by atoms with E-state index in [1.807, 2.05) is 6.92 Å². The summed E-state index contributed by atoms with van der Waals surface area (Å²) in [6, 6.07) is 0. The van der Waals surface area contributed by atoms with E-state index in [0.29, 0.717) is 6.54 Å². The molecule has 1 aliphatic rings. The number of hydrogen-bond acceptors (Lipinski definition) is 7. The van der Waals surface area contributed by atoms with Gasteiger partial charge in [-0.15, -0.1) is 0 Å². The molecule has 1 aliphatic carbocycles. The van der Waals surface area contributed by atoms with E-state index in [1.165, 1.54) is 6.33 Å². The fourth-order valence-corrected chi connectivity index (χ4v) is 2.57. The Labute approximate surface area is 116 Å². The standard InChI is InChI=1S/C12H19N5O3/c1-2-13-10-9(17(19)20)11(15-8-14-10)16-12(7-18)5-3-4-6-12/h8,18H,2-7H2,1H3,(H2,13,14,15,16). The van der Waals surface area contributed by atoms with Crippen molar-refractivity contribution in [3.63, 3.8) is 0 Å². The van der Waals surface area contributed by atoms with Gasteiger partial charge in [0.25, 0.3) is 0 Å². The molecule has 1 fully saturated rings. The van der Waals surface area contributed by atoms with Crippen LogP contribution in [0, 0.1) is 10.1 Å². The van der Waals surface area contributed by atoms with Crippen molar-refractivity contribution >= 4 is 17.3 Å². The first-order valence-electron chi connectivity index (χ1n) is 6.74. The molecule has 1 aromatic rings. The maximum absolute atomic E-state index is 11.3. The lowest BCUT2D eigenvalue weighted by atomic mass is 9.99. The van der Waals surface area contributed by atoms with Gasteiger partial charge in [0.15, 0.2) is 0 Å². The molecule has 0 unspecified atom stereocenters. The number of aliphatic hydroxyl groups is 1. The molecule has 1 saturated carbocycles. The third-order valence-electron chi connectivity index (χ3n) is 3.60. The summed E-state index contributed by atoms with van der Waals surface area (Å²) >= 11 is 0. The summed E-state index contributed by atoms with van der Waals surface area (Å²) in [4.78, 5) is 18.7. The minimum absolute atomic E-state index is 0.0648. The molecule has 8 nitrogen and oxygen atoms in total. The summed E-state index contributed by atoms with van der Waals surface area (Å²) in [5.41, 5.74) is -0.683. The van der Waals surface area contributed by atoms with Gasteiger partial charge in [-0.05, 0) is 19.8 Å². The van der Waals surface area contributed by atoms with Crippen LogP contribution in [0.4, 0.5) is 17.3 Å². The molecule has 1 aromatic heterocycles. The molecule has 0 spiro atoms. The van der Waals surface area contributed by atoms with Gasteiger partial charge in [-0.1, -0.05) is 12.8 Å². The zero-order valence-electron chi connectivity index (χ0n) is 11.4. The highest BCUT2D eigenvalue weighted by atomic mass is 16.6. The number of nitro groups is 1. The molecule has 1 heterocycles. The first-order chi connectivity index (χ1) is 9.62. The maximum atomic E-state index is 11.3. The zero-order chi connectivity index (χ0) is 14.6. The van der Waals surface area contributed by atoms with Gasteiger partial charge in [-0.2, -0.15) is 0 Å². The lowest BCUT2D eigenvalue weighted by molar-refractivity contribution is -0.383. The van der Waals surface area contributed by atoms with E-state index in [9.17, 15) is 15.2 Å². The molecule has 110 valence electrons. The zero-order valence-corrected chi connectivity index (χ0v) is 11.4. The van der Waals surface area contributed by atoms with Crippen LogP contribution < -0.4 is 10.6 Å². The Morgan fingerprint density at radius 1 is 1.40 bits per heavy atom. The van der Waals surface area contributed by atoms with E-state index >= 15 is 0 Å². The Morgan fingerprint density at radius 2 is 2.05 bits per heavy atom. The quantitative estimate of drug-likeness (QED) is 0.535. The van der Waals surface area contributed by atoms with Crippen molar-refractivity contribution in [1.82, 2.24) is 9.97 Å². The maximum Gasteiger partial charge on any atom is 0.353 e. The van der Waals surface area contributed by atoms with E-state index in [4.69, 9.17) is 0 Å². The van der Waals surface area contributed by atoms with Crippen molar-refractivity contribution in [3.05, 3.63) is 16.4 Å². The molecular formula is C12H19N5O3. The molecule has 0 bridgehead atoms. The summed E-state index contributed by atoms with van der Waals surface area (Å²) in [5, 5.41) is 26.8. The molecule has 8 heteroatoms. The molecule has 0 aromatic carbocycles. The lowest BCUT2D eigenvalue weighted by Crippen LogP contribution is -2.39. The van der Waals surface area contributed by atoms with Crippen LogP contribution in [0.15, 0.2) is 6.33 Å². The van der Waals surface area contributed by atoms with Crippen molar-refractivity contribution in [1.29, 1.82) is 0 Å². The van der Waals surface area contributed by atoms with E-state index in [0.717, 1.165) is 25.7 Å². The van der Waals surface area contributed by atoms with E-state index in [-0.39, 0.29) is 23.9 Å². The number of rotatable bonds is 6. The Balaban J connectivity index is 2.35. The van der Waals surface area contributed by atoms with E-state index < -0.39 is 10.5 Å². The second-order valence-electron chi connectivity index (χ2n) is 4.98. The van der Waals surface area contributed by atoms with Crippen LogP contribution in [0.3, 0.4) is 0 Å². The lowest BCUT2D eigenvalue weighted by Gasteiger charge is -2.28. The molecule has 3 N–H and O–H groups in total. The number of anilines is 2. The topological polar surface area (TPSA) is 113 Å². The van der Waals surface area contributed by atoms with Gasteiger partial charge in [0.2, 0.25) is 11.6 Å². The molecule has 0 saturated heterocycles. The Kier molecular flexibility index (Phi) is 4.33. The van der Waals surface area contributed by atoms with Crippen molar-refractivity contribution in [3.8, 4) is 0 Å². The monoisotopic (exact) mass is 281 g/mol. The first kappa shape index (κ1) is 14.4. The molecule has 2 rings (SSSR count). The summed E-state index contributed by atoms with van der Waals surface area (Å²) < 4.78 is 0. The van der Waals surface area contributed by atoms with Crippen molar-refractivity contribution in [2.75, 3.05) is 23.8 Å². The van der Waals surface area contributed by atoms with Crippen LogP contribution in [-0.2, 0) is 0 Å². The second-order valence-corrected chi connectivity index (χ2v) is 4.98. The van der Waals surface area contributed by atoms with Gasteiger partial charge in [-0.3, -0.25) is 10.1 Å². The Bertz CT molecular complexity index is 488. The molecular weight excluding hydrogens is 262 g/mol. The Morgan fingerprint density at radius 3 is 2.60 bits per heavy atom. The highest BCUT2D eigenvalue weighted by Gasteiger charge is 2.36. The number of aliphatic hydroxyl groups excluding tert-OH is 1. The average molecular weight is 281 g/mol. The highest BCUT2D eigenvalue weighted by molar-refractivity contribution is 5.69. The van der Waals surface area contributed by atoms with E-state index in [2.05, 4.69) is 20.6 Å². The number of aromatic nitrogens is 2. The second kappa shape index (κ2) is 6.00. The third kappa shape index (κ3) is 2.79. The van der Waals surface area contributed by atoms with Crippen molar-refractivity contribution in [2.24, 2.45) is 0 Å². The summed E-state index contributed by atoms with van der Waals surface area (Å²) in [6.07, 6.45) is 4.83. The summed E-state index contributed by atoms with van der Waals surface area (Å²) in [7, 11) is 0. The van der Waals surface area contributed by atoms with Crippen LogP contribution in [-0.4, -0.2) is 38.7 Å². The van der Waals surface area contributed by atoms with Gasteiger partial charge >= 0.3 is 5.69 Å². The summed E-state index contributed by atoms with van der Waals surface area (Å²) in [6.45, 7) is 2.30. The molecule has 0 amide bonds. The van der Waals surface area contributed by atoms with Gasteiger partial charge < -0.3 is 15.7 Å². The normalized spacial score (nSPS) is 16.9. The first-order valence-corrected chi connectivity index (χ1v) is 6.74. The van der Waals surface area contributed by atoms with Gasteiger partial charge in [0, 0.05) is 6.54 Å². The number of nitrogens with one attached hydrogen (secondary N) is 2. The number of nitrogens with zero attached hydrogens (tertiary/aromatic N) is 3. The predicted molar refractivity (Wildman–Crippen MR) is 74.8 cm³/mol. The highest BCUT2D eigenvalue weighted by Crippen LogP contribution is 2.36. The molecule has 0 radical (unpaired) electrons. The van der Waals surface area contributed by atoms with Crippen molar-refractivity contribution in [2.45, 2.75) is 38.1 Å². The molecule has 0 aliphatic heterocycles. The SMILES string of the molecule is CCNc1ncnc(NC2(CO)CCCC2)c1[N+](=O)[O-]. The van der Waals surface area contributed by atoms with Crippen LogP contribution in [0.25, 0.3) is 0 Å². The van der Waals surface area contributed by atoms with Crippen molar-refractivity contribution < 1.29 is 10.0 Å². The fraction of sp³-hybridized carbons (Fsp3) is 0.667. The van der Waals surface area contributed by atoms with Crippen LogP contribution in [0.1, 0.15) is 32.6 Å². The van der Waals surface area contributed by atoms with Crippen LogP contribution >= 0.6 is 0 Å². The van der Waals surface area contributed by atoms with Gasteiger partial charge in [-0.25, -0.2) is 9.97 Å². The van der Waals surface area contributed by atoms with Crippen LogP contribution in [0.2, 0.25) is 0 Å². The van der Waals surface area contributed by atoms with E-state index in [1.54, 1.807) is 0 Å². The Hall–Kier alpha value is -1.96. The summed E-state index contributed by atoms with van der Waals surface area (Å²) in [5.74, 6) is 0.359. The molecule has 20 heavy (non-hydrogen) atoms.